The van der Waals surface area contributed by atoms with Crippen LogP contribution in [0.25, 0.3) is 11.0 Å². The number of hydrogen-bond donors (Lipinski definition) is 1. The normalized spacial score (nSPS) is 12.8. The predicted molar refractivity (Wildman–Crippen MR) is 101 cm³/mol. The number of alkyl carbamates (subject to hydrolysis) is 1. The molecule has 1 aromatic carbocycles. The van der Waals surface area contributed by atoms with E-state index in [9.17, 15) is 26.4 Å². The largest absolute Gasteiger partial charge is 0.444 e. The molecule has 0 aliphatic carbocycles. The maximum atomic E-state index is 13.4. The first kappa shape index (κ1) is 23.4. The number of rotatable bonds is 4. The van der Waals surface area contributed by atoms with Gasteiger partial charge in [0.25, 0.3) is 0 Å². The Morgan fingerprint density at radius 2 is 1.62 bits per heavy atom. The highest BCUT2D eigenvalue weighted by molar-refractivity contribution is 7.91. The summed E-state index contributed by atoms with van der Waals surface area (Å²) in [7, 11) is -4.57. The molecule has 2 aromatic rings. The molecular weight excluding hydrogens is 458 g/mol. The molecule has 1 heterocycles. The SMILES string of the molecule is CC(C)(C)OC(=O)NCCS(=O)(=O)c1nc2cc(Cl)c(Cl)cc2nc1C(F)(F)F. The zero-order chi connectivity index (χ0) is 22.2. The second kappa shape index (κ2) is 8.11. The van der Waals surface area contributed by atoms with Crippen molar-refractivity contribution in [2.45, 2.75) is 37.6 Å². The Bertz CT molecular complexity index is 1050. The van der Waals surface area contributed by atoms with Gasteiger partial charge < -0.3 is 10.1 Å². The number of hydrogen-bond acceptors (Lipinski definition) is 6. The highest BCUT2D eigenvalue weighted by Gasteiger charge is 2.41. The molecule has 160 valence electrons. The van der Waals surface area contributed by atoms with E-state index in [1.54, 1.807) is 20.8 Å². The topological polar surface area (TPSA) is 98.2 Å². The summed E-state index contributed by atoms with van der Waals surface area (Å²) in [6.07, 6.45) is -6.00. The second-order valence-corrected chi connectivity index (χ2v) is 9.72. The maximum Gasteiger partial charge on any atom is 0.436 e. The zero-order valence-corrected chi connectivity index (χ0v) is 17.7. The van der Waals surface area contributed by atoms with E-state index in [0.29, 0.717) is 0 Å². The van der Waals surface area contributed by atoms with Gasteiger partial charge in [0.2, 0.25) is 0 Å². The fourth-order valence-corrected chi connectivity index (χ4v) is 3.71. The standard InChI is InChI=1S/C16H16Cl2F3N3O4S/c1-15(2,3)28-14(25)22-4-5-29(26,27)13-12(16(19,20)21)23-10-6-8(17)9(18)7-11(10)24-13/h6-7H,4-5H2,1-3H3,(H,22,25). The van der Waals surface area contributed by atoms with Gasteiger partial charge in [-0.05, 0) is 32.9 Å². The summed E-state index contributed by atoms with van der Waals surface area (Å²) in [5, 5.41) is 0.825. The first-order valence-corrected chi connectivity index (χ1v) is 10.4. The van der Waals surface area contributed by atoms with Gasteiger partial charge in [-0.15, -0.1) is 0 Å². The number of halogens is 5. The Hall–Kier alpha value is -1.85. The average molecular weight is 474 g/mol. The Kier molecular flexibility index (Phi) is 6.56. The minimum atomic E-state index is -5.09. The van der Waals surface area contributed by atoms with Crippen molar-refractivity contribution in [3.05, 3.63) is 27.9 Å². The molecule has 0 spiro atoms. The van der Waals surface area contributed by atoms with Crippen LogP contribution in [0.15, 0.2) is 17.2 Å². The van der Waals surface area contributed by atoms with Gasteiger partial charge in [0.1, 0.15) is 5.60 Å². The second-order valence-electron chi connectivity index (χ2n) is 6.88. The predicted octanol–water partition coefficient (Wildman–Crippen LogP) is 4.25. The Labute approximate surface area is 174 Å². The number of nitrogens with one attached hydrogen (secondary N) is 1. The van der Waals surface area contributed by atoms with Crippen molar-refractivity contribution in [1.82, 2.24) is 15.3 Å². The number of ether oxygens (including phenoxy) is 1. The third-order valence-electron chi connectivity index (χ3n) is 3.28. The van der Waals surface area contributed by atoms with Gasteiger partial charge in [0, 0.05) is 6.54 Å². The molecule has 0 radical (unpaired) electrons. The fraction of sp³-hybridized carbons (Fsp3) is 0.438. The molecule has 0 unspecified atom stereocenters. The highest BCUT2D eigenvalue weighted by Crippen LogP contribution is 2.35. The fourth-order valence-electron chi connectivity index (χ4n) is 2.14. The van der Waals surface area contributed by atoms with E-state index in [2.05, 4.69) is 15.3 Å². The molecule has 1 aromatic heterocycles. The maximum absolute atomic E-state index is 13.4. The number of aromatic nitrogens is 2. The van der Waals surface area contributed by atoms with Crippen molar-refractivity contribution in [1.29, 1.82) is 0 Å². The molecule has 0 bridgehead atoms. The minimum absolute atomic E-state index is 0.0248. The molecule has 1 amide bonds. The molecule has 1 N–H and O–H groups in total. The van der Waals surface area contributed by atoms with Gasteiger partial charge in [-0.2, -0.15) is 13.2 Å². The molecule has 0 aliphatic rings. The van der Waals surface area contributed by atoms with Crippen LogP contribution in [0, 0.1) is 0 Å². The van der Waals surface area contributed by atoms with Crippen LogP contribution in [0.1, 0.15) is 26.5 Å². The minimum Gasteiger partial charge on any atom is -0.444 e. The monoisotopic (exact) mass is 473 g/mol. The Morgan fingerprint density at radius 3 is 2.10 bits per heavy atom. The van der Waals surface area contributed by atoms with E-state index >= 15 is 0 Å². The van der Waals surface area contributed by atoms with Gasteiger partial charge in [-0.3, -0.25) is 0 Å². The van der Waals surface area contributed by atoms with Crippen molar-refractivity contribution in [3.8, 4) is 0 Å². The number of nitrogens with zero attached hydrogens (tertiary/aromatic N) is 2. The molecule has 0 saturated heterocycles. The molecule has 2 rings (SSSR count). The lowest BCUT2D eigenvalue weighted by atomic mass is 10.2. The summed E-state index contributed by atoms with van der Waals surface area (Å²) in [6, 6.07) is 2.17. The van der Waals surface area contributed by atoms with Crippen LogP contribution < -0.4 is 5.32 Å². The summed E-state index contributed by atoms with van der Waals surface area (Å²) >= 11 is 11.6. The van der Waals surface area contributed by atoms with E-state index in [4.69, 9.17) is 27.9 Å². The smallest absolute Gasteiger partial charge is 0.436 e. The lowest BCUT2D eigenvalue weighted by Crippen LogP contribution is -2.35. The van der Waals surface area contributed by atoms with Gasteiger partial charge in [0.05, 0.1) is 26.8 Å². The Morgan fingerprint density at radius 1 is 1.10 bits per heavy atom. The van der Waals surface area contributed by atoms with Crippen LogP contribution in [-0.2, 0) is 20.8 Å². The molecule has 0 fully saturated rings. The van der Waals surface area contributed by atoms with Gasteiger partial charge in [0.15, 0.2) is 20.6 Å². The van der Waals surface area contributed by atoms with Crippen molar-refractivity contribution in [2.75, 3.05) is 12.3 Å². The van der Waals surface area contributed by atoms with E-state index in [1.807, 2.05) is 0 Å². The summed E-state index contributed by atoms with van der Waals surface area (Å²) < 4.78 is 70.2. The number of benzene rings is 1. The number of amides is 1. The third kappa shape index (κ3) is 6.06. The summed E-state index contributed by atoms with van der Waals surface area (Å²) in [6.45, 7) is 4.30. The van der Waals surface area contributed by atoms with E-state index in [-0.39, 0.29) is 21.1 Å². The van der Waals surface area contributed by atoms with E-state index in [1.165, 1.54) is 0 Å². The van der Waals surface area contributed by atoms with Crippen LogP contribution in [-0.4, -0.2) is 42.4 Å². The lowest BCUT2D eigenvalue weighted by Gasteiger charge is -2.19. The first-order valence-electron chi connectivity index (χ1n) is 8.04. The molecule has 0 saturated carbocycles. The first-order chi connectivity index (χ1) is 13.1. The molecular formula is C16H16Cl2F3N3O4S. The number of alkyl halides is 3. The number of sulfone groups is 1. The number of carbonyl (C=O) groups excluding carboxylic acids is 1. The number of fused-ring (bicyclic) bond motifs is 1. The summed E-state index contributed by atoms with van der Waals surface area (Å²) in [5.41, 5.74) is -2.94. The van der Waals surface area contributed by atoms with E-state index < -0.39 is 50.7 Å². The van der Waals surface area contributed by atoms with Crippen LogP contribution in [0.4, 0.5) is 18.0 Å². The van der Waals surface area contributed by atoms with Crippen LogP contribution in [0.2, 0.25) is 10.0 Å². The quantitative estimate of drug-likeness (QED) is 0.712. The molecule has 0 aliphatic heterocycles. The summed E-state index contributed by atoms with van der Waals surface area (Å²) in [4.78, 5) is 18.6. The molecule has 7 nitrogen and oxygen atoms in total. The Balaban J connectivity index is 2.39. The van der Waals surface area contributed by atoms with Crippen molar-refractivity contribution in [3.63, 3.8) is 0 Å². The van der Waals surface area contributed by atoms with Crippen molar-refractivity contribution >= 4 is 50.2 Å². The zero-order valence-electron chi connectivity index (χ0n) is 15.4. The molecule has 29 heavy (non-hydrogen) atoms. The van der Waals surface area contributed by atoms with Crippen LogP contribution in [0.3, 0.4) is 0 Å². The highest BCUT2D eigenvalue weighted by atomic mass is 35.5. The van der Waals surface area contributed by atoms with E-state index in [0.717, 1.165) is 12.1 Å². The third-order valence-corrected chi connectivity index (χ3v) is 5.61. The van der Waals surface area contributed by atoms with Crippen LogP contribution >= 0.6 is 23.2 Å². The van der Waals surface area contributed by atoms with Crippen molar-refractivity contribution < 1.29 is 31.1 Å². The van der Waals surface area contributed by atoms with Gasteiger partial charge in [-0.1, -0.05) is 23.2 Å². The molecule has 13 heteroatoms. The molecule has 0 atom stereocenters. The average Bonchev–Trinajstić information content (AvgIpc) is 2.52. The van der Waals surface area contributed by atoms with Gasteiger partial charge >= 0.3 is 12.3 Å². The summed E-state index contributed by atoms with van der Waals surface area (Å²) in [5.74, 6) is -0.850. The van der Waals surface area contributed by atoms with Crippen LogP contribution in [0.5, 0.6) is 0 Å². The van der Waals surface area contributed by atoms with Crippen molar-refractivity contribution in [2.24, 2.45) is 0 Å². The van der Waals surface area contributed by atoms with Gasteiger partial charge in [-0.25, -0.2) is 23.2 Å². The lowest BCUT2D eigenvalue weighted by molar-refractivity contribution is -0.143. The number of carbonyl (C=O) groups is 1.